The Morgan fingerprint density at radius 3 is 2.77 bits per heavy atom. The quantitative estimate of drug-likeness (QED) is 0.847. The van der Waals surface area contributed by atoms with Gasteiger partial charge in [0.1, 0.15) is 11.6 Å². The average Bonchev–Trinajstić information content (AvgIpc) is 3.09. The Hall–Kier alpha value is -2.58. The van der Waals surface area contributed by atoms with Gasteiger partial charge in [-0.15, -0.1) is 0 Å². The summed E-state index contributed by atoms with van der Waals surface area (Å²) in [5.41, 5.74) is 1.84. The number of halogens is 1. The highest BCUT2D eigenvalue weighted by molar-refractivity contribution is 5.52. The zero-order valence-electron chi connectivity index (χ0n) is 14.6. The number of rotatable bonds is 4. The Labute approximate surface area is 153 Å². The van der Waals surface area contributed by atoms with Crippen molar-refractivity contribution in [3.63, 3.8) is 0 Å². The molecule has 2 saturated heterocycles. The van der Waals surface area contributed by atoms with Crippen molar-refractivity contribution in [1.29, 1.82) is 5.26 Å². The molecule has 0 aromatic heterocycles. The van der Waals surface area contributed by atoms with Crippen LogP contribution in [0.2, 0.25) is 0 Å². The number of nitriles is 1. The van der Waals surface area contributed by atoms with Crippen LogP contribution in [0.15, 0.2) is 48.5 Å². The fourth-order valence-electron chi connectivity index (χ4n) is 4.02. The van der Waals surface area contributed by atoms with Crippen molar-refractivity contribution in [1.82, 2.24) is 4.90 Å². The van der Waals surface area contributed by atoms with E-state index in [-0.39, 0.29) is 5.82 Å². The van der Waals surface area contributed by atoms with Crippen molar-refractivity contribution < 1.29 is 9.13 Å². The summed E-state index contributed by atoms with van der Waals surface area (Å²) in [5.74, 6) is 0.984. The lowest BCUT2D eigenvalue weighted by Crippen LogP contribution is -2.50. The Balaban J connectivity index is 1.34. The Morgan fingerprint density at radius 2 is 1.96 bits per heavy atom. The molecule has 0 bridgehead atoms. The molecule has 0 unspecified atom stereocenters. The zero-order chi connectivity index (χ0) is 17.9. The molecule has 0 aliphatic carbocycles. The molecule has 2 aromatic carbocycles. The third kappa shape index (κ3) is 3.66. The van der Waals surface area contributed by atoms with Gasteiger partial charge >= 0.3 is 0 Å². The zero-order valence-corrected chi connectivity index (χ0v) is 14.6. The number of benzene rings is 2. The summed E-state index contributed by atoms with van der Waals surface area (Å²) in [7, 11) is 0. The van der Waals surface area contributed by atoms with Crippen LogP contribution in [-0.4, -0.2) is 43.7 Å². The van der Waals surface area contributed by atoms with E-state index in [4.69, 9.17) is 10.00 Å². The molecule has 2 heterocycles. The van der Waals surface area contributed by atoms with Gasteiger partial charge in [-0.2, -0.15) is 5.26 Å². The van der Waals surface area contributed by atoms with E-state index in [0.717, 1.165) is 44.0 Å². The van der Waals surface area contributed by atoms with Gasteiger partial charge in [0.05, 0.1) is 18.2 Å². The van der Waals surface area contributed by atoms with E-state index in [1.54, 1.807) is 12.1 Å². The minimum absolute atomic E-state index is 0.240. The molecule has 5 heteroatoms. The molecule has 4 rings (SSSR count). The molecule has 0 radical (unpaired) electrons. The molecule has 2 aliphatic rings. The van der Waals surface area contributed by atoms with Crippen molar-refractivity contribution in [3.05, 3.63) is 59.9 Å². The summed E-state index contributed by atoms with van der Waals surface area (Å²) in [4.78, 5) is 4.93. The lowest BCUT2D eigenvalue weighted by atomic mass is 10.1. The average molecular weight is 351 g/mol. The number of hydrogen-bond acceptors (Lipinski definition) is 4. The molecule has 134 valence electrons. The highest BCUT2D eigenvalue weighted by Crippen LogP contribution is 2.29. The number of hydrogen-bond donors (Lipinski definition) is 0. The standard InChI is InChI=1S/C21H22FN3O/c22-18-4-6-21(7-5-18)26-15-17-11-20-14-25(9-8-24(20)13-17)19-3-1-2-16(10-19)12-23/h1-7,10,17,20H,8-9,11,13-15H2/t17-,20-/m0/s1. The monoisotopic (exact) mass is 351 g/mol. The molecule has 4 nitrogen and oxygen atoms in total. The number of nitrogens with zero attached hydrogens (tertiary/aromatic N) is 3. The third-order valence-electron chi connectivity index (χ3n) is 5.34. The van der Waals surface area contributed by atoms with E-state index in [9.17, 15) is 4.39 Å². The Bertz CT molecular complexity index is 802. The van der Waals surface area contributed by atoms with Crippen LogP contribution in [0.25, 0.3) is 0 Å². The van der Waals surface area contributed by atoms with E-state index in [2.05, 4.69) is 21.9 Å². The fourth-order valence-corrected chi connectivity index (χ4v) is 4.02. The first-order chi connectivity index (χ1) is 12.7. The van der Waals surface area contributed by atoms with Gasteiger partial charge in [-0.3, -0.25) is 4.90 Å². The highest BCUT2D eigenvalue weighted by atomic mass is 19.1. The van der Waals surface area contributed by atoms with Crippen LogP contribution in [0.3, 0.4) is 0 Å². The number of piperazine rings is 1. The van der Waals surface area contributed by atoms with Crippen LogP contribution in [0.4, 0.5) is 10.1 Å². The summed E-state index contributed by atoms with van der Waals surface area (Å²) in [6.45, 7) is 4.73. The van der Waals surface area contributed by atoms with Gasteiger partial charge in [0.15, 0.2) is 0 Å². The highest BCUT2D eigenvalue weighted by Gasteiger charge is 2.36. The molecule has 2 aromatic rings. The number of ether oxygens (including phenoxy) is 1. The van der Waals surface area contributed by atoms with E-state index >= 15 is 0 Å². The van der Waals surface area contributed by atoms with Gasteiger partial charge < -0.3 is 9.64 Å². The number of fused-ring (bicyclic) bond motifs is 1. The second-order valence-corrected chi connectivity index (χ2v) is 7.12. The number of anilines is 1. The Kier molecular flexibility index (Phi) is 4.77. The largest absolute Gasteiger partial charge is 0.493 e. The third-order valence-corrected chi connectivity index (χ3v) is 5.34. The first-order valence-electron chi connectivity index (χ1n) is 9.09. The van der Waals surface area contributed by atoms with Crippen molar-refractivity contribution in [2.75, 3.05) is 37.7 Å². The SMILES string of the molecule is N#Cc1cccc(N2CCN3C[C@@H](COc4ccc(F)cc4)C[C@H]3C2)c1. The predicted octanol–water partition coefficient (Wildman–Crippen LogP) is 3.29. The first-order valence-corrected chi connectivity index (χ1v) is 9.09. The van der Waals surface area contributed by atoms with E-state index in [0.29, 0.717) is 24.1 Å². The van der Waals surface area contributed by atoms with Gasteiger partial charge in [-0.05, 0) is 48.9 Å². The molecule has 0 N–H and O–H groups in total. The Morgan fingerprint density at radius 1 is 1.12 bits per heavy atom. The van der Waals surface area contributed by atoms with Gasteiger partial charge in [-0.1, -0.05) is 6.07 Å². The minimum Gasteiger partial charge on any atom is -0.493 e. The lowest BCUT2D eigenvalue weighted by Gasteiger charge is -2.38. The van der Waals surface area contributed by atoms with Crippen molar-refractivity contribution >= 4 is 5.69 Å². The van der Waals surface area contributed by atoms with Crippen molar-refractivity contribution in [2.45, 2.75) is 12.5 Å². The molecule has 0 spiro atoms. The molecule has 0 saturated carbocycles. The van der Waals surface area contributed by atoms with Gasteiger partial charge in [0, 0.05) is 43.8 Å². The van der Waals surface area contributed by atoms with Crippen LogP contribution in [0.5, 0.6) is 5.75 Å². The minimum atomic E-state index is -0.240. The van der Waals surface area contributed by atoms with Crippen LogP contribution in [0, 0.1) is 23.1 Å². The van der Waals surface area contributed by atoms with E-state index < -0.39 is 0 Å². The molecule has 2 fully saturated rings. The second-order valence-electron chi connectivity index (χ2n) is 7.12. The molecular weight excluding hydrogens is 329 g/mol. The molecule has 0 amide bonds. The van der Waals surface area contributed by atoms with Gasteiger partial charge in [-0.25, -0.2) is 4.39 Å². The molecule has 2 atom stereocenters. The van der Waals surface area contributed by atoms with Crippen LogP contribution in [0.1, 0.15) is 12.0 Å². The summed E-state index contributed by atoms with van der Waals surface area (Å²) in [5, 5.41) is 9.10. The normalized spacial score (nSPS) is 22.7. The van der Waals surface area contributed by atoms with E-state index in [1.165, 1.54) is 12.1 Å². The maximum atomic E-state index is 13.0. The van der Waals surface area contributed by atoms with Gasteiger partial charge in [0.25, 0.3) is 0 Å². The van der Waals surface area contributed by atoms with Crippen LogP contribution in [-0.2, 0) is 0 Å². The first kappa shape index (κ1) is 16.9. The second kappa shape index (κ2) is 7.35. The van der Waals surface area contributed by atoms with Crippen molar-refractivity contribution in [2.24, 2.45) is 5.92 Å². The summed E-state index contributed by atoms with van der Waals surface area (Å²) in [6.07, 6.45) is 1.11. The fraction of sp³-hybridized carbons (Fsp3) is 0.381. The summed E-state index contributed by atoms with van der Waals surface area (Å²) in [6, 6.07) is 16.8. The summed E-state index contributed by atoms with van der Waals surface area (Å²) >= 11 is 0. The summed E-state index contributed by atoms with van der Waals surface area (Å²) < 4.78 is 18.8. The molecule has 2 aliphatic heterocycles. The lowest BCUT2D eigenvalue weighted by molar-refractivity contribution is 0.217. The van der Waals surface area contributed by atoms with E-state index in [1.807, 2.05) is 18.2 Å². The molecule has 26 heavy (non-hydrogen) atoms. The maximum Gasteiger partial charge on any atom is 0.123 e. The van der Waals surface area contributed by atoms with Crippen molar-refractivity contribution in [3.8, 4) is 11.8 Å². The topological polar surface area (TPSA) is 39.5 Å². The van der Waals surface area contributed by atoms with Gasteiger partial charge in [0.2, 0.25) is 0 Å². The molecular formula is C21H22FN3O. The van der Waals surface area contributed by atoms with Crippen LogP contribution >= 0.6 is 0 Å². The maximum absolute atomic E-state index is 13.0. The predicted molar refractivity (Wildman–Crippen MR) is 98.7 cm³/mol. The smallest absolute Gasteiger partial charge is 0.123 e. The van der Waals surface area contributed by atoms with Crippen LogP contribution < -0.4 is 9.64 Å².